The third kappa shape index (κ3) is 5.99. The van der Waals surface area contributed by atoms with Gasteiger partial charge in [-0.2, -0.15) is 22.0 Å². The van der Waals surface area contributed by atoms with Crippen LogP contribution in [0.4, 0.5) is 0 Å². The SMILES string of the molecule is CN=C(NCCSCc1cccnn1)N[N+](=O)[O-]. The Kier molecular flexibility index (Phi) is 6.47. The molecule has 0 amide bonds. The van der Waals surface area contributed by atoms with Crippen molar-refractivity contribution in [3.8, 4) is 0 Å². The van der Waals surface area contributed by atoms with Gasteiger partial charge in [-0.15, -0.1) is 0 Å². The van der Waals surface area contributed by atoms with Crippen LogP contribution in [0.3, 0.4) is 0 Å². The molecule has 0 saturated carbocycles. The number of guanidine groups is 1. The molecule has 0 atom stereocenters. The highest BCUT2D eigenvalue weighted by atomic mass is 32.2. The second kappa shape index (κ2) is 8.23. The second-order valence-corrected chi connectivity index (χ2v) is 4.24. The lowest BCUT2D eigenvalue weighted by Gasteiger charge is -2.05. The zero-order valence-electron chi connectivity index (χ0n) is 9.87. The van der Waals surface area contributed by atoms with E-state index in [1.807, 2.05) is 17.6 Å². The third-order valence-corrected chi connectivity index (χ3v) is 2.83. The van der Waals surface area contributed by atoms with Crippen molar-refractivity contribution >= 4 is 17.7 Å². The number of nitrogens with zero attached hydrogens (tertiary/aromatic N) is 4. The Morgan fingerprint density at radius 3 is 3.11 bits per heavy atom. The molecule has 0 unspecified atom stereocenters. The summed E-state index contributed by atoms with van der Waals surface area (Å²) in [7, 11) is 1.48. The van der Waals surface area contributed by atoms with Crippen molar-refractivity contribution in [2.75, 3.05) is 19.3 Å². The van der Waals surface area contributed by atoms with E-state index in [4.69, 9.17) is 0 Å². The second-order valence-electron chi connectivity index (χ2n) is 3.14. The van der Waals surface area contributed by atoms with E-state index in [0.29, 0.717) is 6.54 Å². The van der Waals surface area contributed by atoms with Crippen LogP contribution in [0.2, 0.25) is 0 Å². The van der Waals surface area contributed by atoms with Crippen molar-refractivity contribution in [2.24, 2.45) is 4.99 Å². The van der Waals surface area contributed by atoms with Gasteiger partial charge in [-0.25, -0.2) is 10.1 Å². The summed E-state index contributed by atoms with van der Waals surface area (Å²) in [6.07, 6.45) is 1.63. The lowest BCUT2D eigenvalue weighted by molar-refractivity contribution is -0.525. The van der Waals surface area contributed by atoms with E-state index in [1.54, 1.807) is 18.0 Å². The minimum atomic E-state index is -0.651. The highest BCUT2D eigenvalue weighted by Gasteiger charge is 2.02. The van der Waals surface area contributed by atoms with Gasteiger partial charge in [0, 0.05) is 31.3 Å². The molecule has 0 spiro atoms. The van der Waals surface area contributed by atoms with E-state index in [9.17, 15) is 10.1 Å². The van der Waals surface area contributed by atoms with Crippen LogP contribution >= 0.6 is 11.8 Å². The fourth-order valence-corrected chi connectivity index (χ4v) is 1.84. The molecule has 1 aromatic heterocycles. The minimum Gasteiger partial charge on any atom is -0.351 e. The predicted octanol–water partition coefficient (Wildman–Crippen LogP) is 0.0665. The molecular formula is C9H14N6O2S. The van der Waals surface area contributed by atoms with Crippen molar-refractivity contribution < 1.29 is 5.03 Å². The van der Waals surface area contributed by atoms with Gasteiger partial charge < -0.3 is 5.32 Å². The van der Waals surface area contributed by atoms with Crippen LogP contribution in [0, 0.1) is 10.1 Å². The van der Waals surface area contributed by atoms with Gasteiger partial charge in [0.1, 0.15) is 0 Å². The Morgan fingerprint density at radius 1 is 1.67 bits per heavy atom. The molecule has 1 aromatic rings. The highest BCUT2D eigenvalue weighted by molar-refractivity contribution is 7.98. The molecule has 2 N–H and O–H groups in total. The monoisotopic (exact) mass is 270 g/mol. The van der Waals surface area contributed by atoms with Crippen molar-refractivity contribution in [3.63, 3.8) is 0 Å². The molecule has 0 fully saturated rings. The molecule has 0 aliphatic rings. The molecule has 0 bridgehead atoms. The molecule has 0 aliphatic heterocycles. The van der Waals surface area contributed by atoms with Crippen LogP contribution in [0.25, 0.3) is 0 Å². The lowest BCUT2D eigenvalue weighted by atomic mass is 10.4. The average molecular weight is 270 g/mol. The number of thioether (sulfide) groups is 1. The Labute approximate surface area is 108 Å². The first-order chi connectivity index (χ1) is 8.72. The first-order valence-electron chi connectivity index (χ1n) is 5.18. The predicted molar refractivity (Wildman–Crippen MR) is 69.7 cm³/mol. The van der Waals surface area contributed by atoms with Crippen molar-refractivity contribution in [1.82, 2.24) is 20.9 Å². The molecule has 0 radical (unpaired) electrons. The van der Waals surface area contributed by atoms with Crippen LogP contribution in [0.1, 0.15) is 5.69 Å². The summed E-state index contributed by atoms with van der Waals surface area (Å²) in [5, 5.41) is 20.1. The quantitative estimate of drug-likeness (QED) is 0.248. The number of nitro groups is 1. The Bertz CT molecular complexity index is 399. The molecule has 8 nitrogen and oxygen atoms in total. The smallest absolute Gasteiger partial charge is 0.254 e. The minimum absolute atomic E-state index is 0.153. The summed E-state index contributed by atoms with van der Waals surface area (Å²) < 4.78 is 0. The van der Waals surface area contributed by atoms with Gasteiger partial charge >= 0.3 is 0 Å². The van der Waals surface area contributed by atoms with E-state index < -0.39 is 5.03 Å². The maximum atomic E-state index is 10.2. The summed E-state index contributed by atoms with van der Waals surface area (Å²) in [5.41, 5.74) is 2.88. The summed E-state index contributed by atoms with van der Waals surface area (Å²) in [5.74, 6) is 1.70. The number of hydrazine groups is 1. The molecule has 9 heteroatoms. The van der Waals surface area contributed by atoms with Crippen LogP contribution in [-0.2, 0) is 5.75 Å². The number of aliphatic imine (C=N–C) groups is 1. The Hall–Kier alpha value is -1.90. The molecule has 1 rings (SSSR count). The van der Waals surface area contributed by atoms with Gasteiger partial charge in [-0.3, -0.25) is 4.99 Å². The normalized spacial score (nSPS) is 11.1. The summed E-state index contributed by atoms with van der Waals surface area (Å²) in [6.45, 7) is 0.582. The fraction of sp³-hybridized carbons (Fsp3) is 0.444. The summed E-state index contributed by atoms with van der Waals surface area (Å²) >= 11 is 1.66. The number of hydrogen-bond donors (Lipinski definition) is 2. The van der Waals surface area contributed by atoms with E-state index in [2.05, 4.69) is 20.5 Å². The number of nitrogens with one attached hydrogen (secondary N) is 2. The number of rotatable bonds is 6. The van der Waals surface area contributed by atoms with Gasteiger partial charge in [-0.1, -0.05) is 5.43 Å². The Balaban J connectivity index is 2.13. The van der Waals surface area contributed by atoms with E-state index in [1.165, 1.54) is 7.05 Å². The molecule has 1 heterocycles. The van der Waals surface area contributed by atoms with Crippen molar-refractivity contribution in [3.05, 3.63) is 34.1 Å². The van der Waals surface area contributed by atoms with Crippen LogP contribution in [-0.4, -0.2) is 40.5 Å². The first kappa shape index (κ1) is 14.2. The standard InChI is InChI=1S/C9H14N6O2S/c1-10-9(14-15(16)17)11-5-6-18-7-8-3-2-4-12-13-8/h2-4H,5-7H2,1H3,(H2,10,11,14). The zero-order chi connectivity index (χ0) is 13.2. The molecule has 0 aromatic carbocycles. The van der Waals surface area contributed by atoms with Gasteiger partial charge in [0.2, 0.25) is 0 Å². The molecule has 18 heavy (non-hydrogen) atoms. The fourth-order valence-electron chi connectivity index (χ4n) is 1.08. The largest absolute Gasteiger partial charge is 0.351 e. The summed E-state index contributed by atoms with van der Waals surface area (Å²) in [6, 6.07) is 3.74. The third-order valence-electron chi connectivity index (χ3n) is 1.84. The first-order valence-corrected chi connectivity index (χ1v) is 6.34. The maximum Gasteiger partial charge on any atom is 0.254 e. The number of hydrogen-bond acceptors (Lipinski definition) is 6. The Morgan fingerprint density at radius 2 is 2.50 bits per heavy atom. The maximum absolute atomic E-state index is 10.2. The van der Waals surface area contributed by atoms with Crippen LogP contribution in [0.15, 0.2) is 23.3 Å². The van der Waals surface area contributed by atoms with Gasteiger partial charge in [0.05, 0.1) is 5.69 Å². The molecule has 0 aliphatic carbocycles. The van der Waals surface area contributed by atoms with Crippen LogP contribution < -0.4 is 10.7 Å². The zero-order valence-corrected chi connectivity index (χ0v) is 10.7. The number of aromatic nitrogens is 2. The summed E-state index contributed by atoms with van der Waals surface area (Å²) in [4.78, 5) is 13.9. The van der Waals surface area contributed by atoms with E-state index in [0.717, 1.165) is 17.2 Å². The van der Waals surface area contributed by atoms with Crippen molar-refractivity contribution in [2.45, 2.75) is 5.75 Å². The van der Waals surface area contributed by atoms with Gasteiger partial charge in [0.25, 0.3) is 5.96 Å². The molecular weight excluding hydrogens is 256 g/mol. The van der Waals surface area contributed by atoms with E-state index in [-0.39, 0.29) is 5.96 Å². The van der Waals surface area contributed by atoms with Gasteiger partial charge in [0.15, 0.2) is 5.03 Å². The topological polar surface area (TPSA) is 105 Å². The lowest BCUT2D eigenvalue weighted by Crippen LogP contribution is -2.41. The molecule has 98 valence electrons. The molecule has 0 saturated heterocycles. The highest BCUT2D eigenvalue weighted by Crippen LogP contribution is 2.07. The average Bonchev–Trinajstić information content (AvgIpc) is 2.37. The van der Waals surface area contributed by atoms with Crippen molar-refractivity contribution in [1.29, 1.82) is 0 Å². The van der Waals surface area contributed by atoms with E-state index >= 15 is 0 Å². The van der Waals surface area contributed by atoms with Gasteiger partial charge in [-0.05, 0) is 12.1 Å². The van der Waals surface area contributed by atoms with Crippen LogP contribution in [0.5, 0.6) is 0 Å².